The van der Waals surface area contributed by atoms with Gasteiger partial charge in [-0.1, -0.05) is 166 Å². The Kier molecular flexibility index (Phi) is 25.6. The van der Waals surface area contributed by atoms with E-state index in [9.17, 15) is 39.6 Å². The fraction of sp³-hybridized carbons (Fsp3) is 0.945. The van der Waals surface area contributed by atoms with Crippen LogP contribution in [0.3, 0.4) is 0 Å². The summed E-state index contributed by atoms with van der Waals surface area (Å²) >= 11 is 0. The summed E-state index contributed by atoms with van der Waals surface area (Å²) in [5.74, 6) is -0.693. The first-order valence-corrected chi connectivity index (χ1v) is 33.8. The van der Waals surface area contributed by atoms with E-state index in [1.807, 2.05) is 0 Å². The summed E-state index contributed by atoms with van der Waals surface area (Å²) < 4.78 is 24.9. The molecule has 0 saturated heterocycles. The maximum absolute atomic E-state index is 14.2. The van der Waals surface area contributed by atoms with Crippen molar-refractivity contribution in [1.82, 2.24) is 0 Å². The Morgan fingerprint density at radius 2 is 0.400 bits per heavy atom. The van der Waals surface area contributed by atoms with Crippen LogP contribution in [0.5, 0.6) is 0 Å². The van der Waals surface area contributed by atoms with Crippen molar-refractivity contribution in [3.63, 3.8) is 0 Å². The van der Waals surface area contributed by atoms with E-state index in [1.54, 1.807) is 0 Å². The largest absolute Gasteiger partial charge is 0.465 e. The molecule has 4 aliphatic rings. The first-order valence-electron chi connectivity index (χ1n) is 33.8. The zero-order valence-electron chi connectivity index (χ0n) is 58.9. The molecule has 0 aliphatic heterocycles. The smallest absolute Gasteiger partial charge is 0.305 e. The SMILES string of the molecule is CC(C)(C)C1CC(CCC(=O)OCC(COC(=O)CCC2CC(C(C)(C)C)C(O)C(C(C)(C)C)C2)(COC(=O)CCC2CC(C(C)(C)C)C(O)C(C(C)(C)C)C2)COC(=O)CCC2CC(C(C)(C)C)C(O)C(C(C)(C)C)C2)CC(C(C)(C)C)C1O. The topological polar surface area (TPSA) is 186 Å². The molecule has 8 atom stereocenters. The van der Waals surface area contributed by atoms with Crippen molar-refractivity contribution in [2.45, 2.75) is 293 Å². The van der Waals surface area contributed by atoms with Gasteiger partial charge in [0.1, 0.15) is 31.8 Å². The second-order valence-corrected chi connectivity index (χ2v) is 37.4. The lowest BCUT2D eigenvalue weighted by molar-refractivity contribution is -0.171. The van der Waals surface area contributed by atoms with Gasteiger partial charge in [-0.05, 0) is 191 Å². The van der Waals surface area contributed by atoms with Gasteiger partial charge in [0.05, 0.1) is 24.4 Å². The second kappa shape index (κ2) is 28.9. The number of esters is 4. The van der Waals surface area contributed by atoms with Gasteiger partial charge >= 0.3 is 23.9 Å². The number of aliphatic hydroxyl groups is 4. The maximum Gasteiger partial charge on any atom is 0.305 e. The molecule has 4 aliphatic carbocycles. The molecule has 8 unspecified atom stereocenters. The minimum atomic E-state index is -1.45. The van der Waals surface area contributed by atoms with Gasteiger partial charge < -0.3 is 39.4 Å². The van der Waals surface area contributed by atoms with Gasteiger partial charge in [0.25, 0.3) is 0 Å². The van der Waals surface area contributed by atoms with E-state index in [0.29, 0.717) is 25.7 Å². The van der Waals surface area contributed by atoms with Gasteiger partial charge in [-0.3, -0.25) is 19.2 Å². The zero-order valence-corrected chi connectivity index (χ0v) is 58.9. The molecule has 0 heterocycles. The quantitative estimate of drug-likeness (QED) is 0.0669. The molecule has 0 radical (unpaired) electrons. The number of carbonyl (C=O) groups excluding carboxylic acids is 4. The van der Waals surface area contributed by atoms with E-state index in [1.165, 1.54) is 0 Å². The molecule has 0 aromatic heterocycles. The molecule has 12 nitrogen and oxygen atoms in total. The summed E-state index contributed by atoms with van der Waals surface area (Å²) in [6.45, 7) is 50.8. The highest BCUT2D eigenvalue weighted by molar-refractivity contribution is 5.71. The van der Waals surface area contributed by atoms with Gasteiger partial charge in [0.2, 0.25) is 0 Å². The molecule has 0 amide bonds. The average molecular weight is 1200 g/mol. The van der Waals surface area contributed by atoms with Crippen LogP contribution in [0.1, 0.15) is 269 Å². The van der Waals surface area contributed by atoms with Crippen LogP contribution in [0, 0.1) is 120 Å². The maximum atomic E-state index is 14.2. The Bertz CT molecular complexity index is 1730. The van der Waals surface area contributed by atoms with Crippen LogP contribution in [0.2, 0.25) is 0 Å². The highest BCUT2D eigenvalue weighted by atomic mass is 16.6. The van der Waals surface area contributed by atoms with E-state index < -0.39 is 53.7 Å². The molecule has 4 N–H and O–H groups in total. The third-order valence-corrected chi connectivity index (χ3v) is 22.1. The lowest BCUT2D eigenvalue weighted by Gasteiger charge is -2.49. The van der Waals surface area contributed by atoms with E-state index in [-0.39, 0.29) is 166 Å². The zero-order chi connectivity index (χ0) is 65.0. The van der Waals surface area contributed by atoms with Crippen molar-refractivity contribution in [3.8, 4) is 0 Å². The molecule has 0 bridgehead atoms. The summed E-state index contributed by atoms with van der Waals surface area (Å²) in [4.78, 5) is 56.8. The third-order valence-electron chi connectivity index (χ3n) is 22.1. The molecule has 12 heteroatoms. The van der Waals surface area contributed by atoms with Crippen LogP contribution >= 0.6 is 0 Å². The molecule has 4 rings (SSSR count). The molecular formula is C73H132O12. The molecule has 0 aromatic carbocycles. The van der Waals surface area contributed by atoms with Gasteiger partial charge in [0.15, 0.2) is 0 Å². The minimum absolute atomic E-state index is 0.0526. The van der Waals surface area contributed by atoms with Crippen molar-refractivity contribution in [2.24, 2.45) is 120 Å². The van der Waals surface area contributed by atoms with Crippen molar-refractivity contribution < 1.29 is 58.6 Å². The summed E-state index contributed by atoms with van der Waals surface area (Å²) in [6, 6.07) is 0. The van der Waals surface area contributed by atoms with Crippen molar-refractivity contribution in [3.05, 3.63) is 0 Å². The Hall–Kier alpha value is -2.28. The Morgan fingerprint density at radius 1 is 0.271 bits per heavy atom. The van der Waals surface area contributed by atoms with Gasteiger partial charge in [-0.25, -0.2) is 0 Å². The predicted octanol–water partition coefficient (Wildman–Crippen LogP) is 15.6. The first kappa shape index (κ1) is 75.2. The summed E-state index contributed by atoms with van der Waals surface area (Å²) in [7, 11) is 0. The Balaban J connectivity index is 1.65. The number of ether oxygens (including phenoxy) is 4. The molecule has 0 spiro atoms. The monoisotopic (exact) mass is 1200 g/mol. The number of carbonyl (C=O) groups is 4. The summed E-state index contributed by atoms with van der Waals surface area (Å²) in [5.41, 5.74) is -2.54. The molecule has 0 aromatic rings. The van der Waals surface area contributed by atoms with Crippen LogP contribution in [0.15, 0.2) is 0 Å². The van der Waals surface area contributed by atoms with Crippen LogP contribution in [0.25, 0.3) is 0 Å². The lowest BCUT2D eigenvalue weighted by atomic mass is 9.58. The Labute approximate surface area is 519 Å². The molecule has 4 saturated carbocycles. The average Bonchev–Trinajstić information content (AvgIpc) is 1.83. The second-order valence-electron chi connectivity index (χ2n) is 37.4. The van der Waals surface area contributed by atoms with E-state index >= 15 is 0 Å². The van der Waals surface area contributed by atoms with E-state index in [2.05, 4.69) is 166 Å². The van der Waals surface area contributed by atoms with Crippen LogP contribution in [-0.2, 0) is 38.1 Å². The summed E-state index contributed by atoms with van der Waals surface area (Å²) in [5, 5.41) is 46.7. The third kappa shape index (κ3) is 22.0. The molecule has 496 valence electrons. The van der Waals surface area contributed by atoms with Crippen molar-refractivity contribution >= 4 is 23.9 Å². The number of hydrogen-bond donors (Lipinski definition) is 4. The fourth-order valence-electron chi connectivity index (χ4n) is 16.1. The molecule has 4 fully saturated rings. The standard InChI is InChI=1S/C73H132O12/c1-65(2,3)49-33-45(34-50(61(49)78)66(4,5)6)25-29-57(74)82-41-73(42-83-58(75)30-26-46-35-51(67(7,8)9)62(79)52(36-46)68(10,11)12,43-84-59(76)31-27-47-37-53(69(13,14)15)63(80)54(38-47)70(16,17)18)44-85-60(77)32-28-48-39-55(71(19,20)21)64(81)56(40-48)72(22,23)24/h45-56,61-64,78-81H,25-44H2,1-24H3. The molecular weight excluding hydrogens is 1070 g/mol. The summed E-state index contributed by atoms with van der Waals surface area (Å²) in [6.07, 6.45) is 7.21. The first-order chi connectivity index (χ1) is 38.4. The number of rotatable bonds is 20. The van der Waals surface area contributed by atoms with E-state index in [4.69, 9.17) is 18.9 Å². The highest BCUT2D eigenvalue weighted by Gasteiger charge is 2.51. The van der Waals surface area contributed by atoms with Crippen LogP contribution < -0.4 is 0 Å². The lowest BCUT2D eigenvalue weighted by Crippen LogP contribution is -2.48. The number of hydrogen-bond acceptors (Lipinski definition) is 12. The van der Waals surface area contributed by atoms with Crippen LogP contribution in [-0.4, -0.2) is 95.1 Å². The van der Waals surface area contributed by atoms with Gasteiger partial charge in [0, 0.05) is 25.7 Å². The molecule has 85 heavy (non-hydrogen) atoms. The normalized spacial score (nSPS) is 32.2. The van der Waals surface area contributed by atoms with Crippen molar-refractivity contribution in [2.75, 3.05) is 26.4 Å². The van der Waals surface area contributed by atoms with Gasteiger partial charge in [-0.2, -0.15) is 0 Å². The van der Waals surface area contributed by atoms with Crippen LogP contribution in [0.4, 0.5) is 0 Å². The highest BCUT2D eigenvalue weighted by Crippen LogP contribution is 2.54. The van der Waals surface area contributed by atoms with Gasteiger partial charge in [-0.15, -0.1) is 0 Å². The van der Waals surface area contributed by atoms with E-state index in [0.717, 1.165) is 51.4 Å². The van der Waals surface area contributed by atoms with Crippen molar-refractivity contribution in [1.29, 1.82) is 0 Å². The fourth-order valence-corrected chi connectivity index (χ4v) is 16.1. The Morgan fingerprint density at radius 3 is 0.518 bits per heavy atom. The predicted molar refractivity (Wildman–Crippen MR) is 342 cm³/mol. The minimum Gasteiger partial charge on any atom is -0.465 e. The number of aliphatic hydroxyl groups excluding tert-OH is 4.